The average Bonchev–Trinajstić information content (AvgIpc) is 3.25. The molecular weight excluding hydrogens is 434 g/mol. The first-order valence-electron chi connectivity index (χ1n) is 12.3. The maximum atomic E-state index is 14.0. The number of carbonyl (C=O) groups excluding carboxylic acids is 1. The summed E-state index contributed by atoms with van der Waals surface area (Å²) in [6, 6.07) is 18.4. The van der Waals surface area contributed by atoms with Gasteiger partial charge in [0.2, 0.25) is 5.91 Å². The minimum absolute atomic E-state index is 0.0163. The molecule has 1 amide bonds. The van der Waals surface area contributed by atoms with Crippen molar-refractivity contribution in [2.45, 2.75) is 51.4 Å². The SMILES string of the molecule is Cc1c[nH]c2ncnc(N3CCC(C(=O)Nc4cccc(C(C)(C)C)c4)(c4ccccc4)CC3)c12. The number of nitrogens with one attached hydrogen (secondary N) is 2. The van der Waals surface area contributed by atoms with Gasteiger partial charge in [0.05, 0.1) is 10.8 Å². The van der Waals surface area contributed by atoms with Gasteiger partial charge in [0.15, 0.2) is 0 Å². The van der Waals surface area contributed by atoms with Crippen molar-refractivity contribution in [3.8, 4) is 0 Å². The van der Waals surface area contributed by atoms with Crippen molar-refractivity contribution in [2.75, 3.05) is 23.3 Å². The number of anilines is 2. The van der Waals surface area contributed by atoms with Gasteiger partial charge >= 0.3 is 0 Å². The van der Waals surface area contributed by atoms with E-state index in [9.17, 15) is 4.79 Å². The van der Waals surface area contributed by atoms with E-state index < -0.39 is 5.41 Å². The van der Waals surface area contributed by atoms with E-state index in [1.54, 1.807) is 6.33 Å². The molecule has 1 aliphatic rings. The number of benzene rings is 2. The smallest absolute Gasteiger partial charge is 0.235 e. The Morgan fingerprint density at radius 2 is 1.77 bits per heavy atom. The first-order valence-corrected chi connectivity index (χ1v) is 12.3. The van der Waals surface area contributed by atoms with Gasteiger partial charge in [-0.1, -0.05) is 63.2 Å². The Hall–Kier alpha value is -3.67. The Morgan fingerprint density at radius 3 is 2.49 bits per heavy atom. The second kappa shape index (κ2) is 8.84. The molecule has 0 unspecified atom stereocenters. The minimum Gasteiger partial charge on any atom is -0.356 e. The third-order valence-electron chi connectivity index (χ3n) is 7.31. The zero-order chi connectivity index (χ0) is 24.6. The third kappa shape index (κ3) is 4.29. The van der Waals surface area contributed by atoms with Crippen LogP contribution in [-0.2, 0) is 15.6 Å². The topological polar surface area (TPSA) is 73.9 Å². The summed E-state index contributed by atoms with van der Waals surface area (Å²) in [5, 5.41) is 4.32. The highest BCUT2D eigenvalue weighted by Gasteiger charge is 2.43. The van der Waals surface area contributed by atoms with Crippen LogP contribution in [0.3, 0.4) is 0 Å². The molecule has 2 aromatic heterocycles. The van der Waals surface area contributed by atoms with Gasteiger partial charge in [-0.2, -0.15) is 0 Å². The summed E-state index contributed by atoms with van der Waals surface area (Å²) in [4.78, 5) is 28.5. The van der Waals surface area contributed by atoms with Gasteiger partial charge in [-0.3, -0.25) is 4.79 Å². The van der Waals surface area contributed by atoms with E-state index in [0.29, 0.717) is 12.8 Å². The van der Waals surface area contributed by atoms with Gasteiger partial charge in [0.1, 0.15) is 17.8 Å². The van der Waals surface area contributed by atoms with Crippen LogP contribution in [0.4, 0.5) is 11.5 Å². The number of amides is 1. The second-order valence-electron chi connectivity index (χ2n) is 10.6. The zero-order valence-corrected chi connectivity index (χ0v) is 20.9. The molecule has 0 bridgehead atoms. The lowest BCUT2D eigenvalue weighted by atomic mass is 9.71. The van der Waals surface area contributed by atoms with Gasteiger partial charge in [0, 0.05) is 25.0 Å². The lowest BCUT2D eigenvalue weighted by Crippen LogP contribution is -2.50. The number of fused-ring (bicyclic) bond motifs is 1. The predicted octanol–water partition coefficient (Wildman–Crippen LogP) is 5.74. The molecule has 1 fully saturated rings. The van der Waals surface area contributed by atoms with Crippen molar-refractivity contribution in [2.24, 2.45) is 0 Å². The number of aromatic nitrogens is 3. The molecule has 6 heteroatoms. The van der Waals surface area contributed by atoms with Crippen LogP contribution in [0, 0.1) is 6.92 Å². The summed E-state index contributed by atoms with van der Waals surface area (Å²) in [6.45, 7) is 10.1. The van der Waals surface area contributed by atoms with Crippen LogP contribution in [0.15, 0.2) is 67.1 Å². The van der Waals surface area contributed by atoms with Crippen molar-refractivity contribution in [3.63, 3.8) is 0 Å². The fourth-order valence-electron chi connectivity index (χ4n) is 5.16. The monoisotopic (exact) mass is 467 g/mol. The normalized spacial score (nSPS) is 15.8. The van der Waals surface area contributed by atoms with Gasteiger partial charge in [-0.05, 0) is 54.0 Å². The molecule has 0 radical (unpaired) electrons. The quantitative estimate of drug-likeness (QED) is 0.401. The fraction of sp³-hybridized carbons (Fsp3) is 0.345. The number of hydrogen-bond acceptors (Lipinski definition) is 4. The first-order chi connectivity index (χ1) is 16.8. The Bertz CT molecular complexity index is 1340. The van der Waals surface area contributed by atoms with Crippen LogP contribution in [0.25, 0.3) is 11.0 Å². The Morgan fingerprint density at radius 1 is 1.03 bits per heavy atom. The largest absolute Gasteiger partial charge is 0.356 e. The van der Waals surface area contributed by atoms with E-state index in [1.165, 1.54) is 5.56 Å². The molecule has 0 saturated carbocycles. The molecule has 0 atom stereocenters. The third-order valence-corrected chi connectivity index (χ3v) is 7.31. The maximum Gasteiger partial charge on any atom is 0.235 e. The van der Waals surface area contributed by atoms with Crippen LogP contribution in [0.2, 0.25) is 0 Å². The maximum absolute atomic E-state index is 14.0. The molecular formula is C29H33N5O. The van der Waals surface area contributed by atoms with Crippen molar-refractivity contribution in [1.29, 1.82) is 0 Å². The van der Waals surface area contributed by atoms with E-state index in [0.717, 1.165) is 46.8 Å². The Balaban J connectivity index is 1.44. The van der Waals surface area contributed by atoms with Crippen molar-refractivity contribution in [1.82, 2.24) is 15.0 Å². The molecule has 2 aromatic carbocycles. The molecule has 6 nitrogen and oxygen atoms in total. The molecule has 5 rings (SSSR count). The van der Waals surface area contributed by atoms with Crippen LogP contribution in [0.5, 0.6) is 0 Å². The number of nitrogens with zero attached hydrogens (tertiary/aromatic N) is 3. The molecule has 1 aliphatic heterocycles. The van der Waals surface area contributed by atoms with Gasteiger partial charge in [-0.25, -0.2) is 9.97 Å². The van der Waals surface area contributed by atoms with E-state index in [-0.39, 0.29) is 11.3 Å². The fourth-order valence-corrected chi connectivity index (χ4v) is 5.16. The molecule has 0 spiro atoms. The summed E-state index contributed by atoms with van der Waals surface area (Å²) < 4.78 is 0. The second-order valence-corrected chi connectivity index (χ2v) is 10.6. The highest BCUT2D eigenvalue weighted by molar-refractivity contribution is 5.99. The summed E-state index contributed by atoms with van der Waals surface area (Å²) in [6.07, 6.45) is 5.00. The van der Waals surface area contributed by atoms with Crippen molar-refractivity contribution >= 4 is 28.4 Å². The molecule has 4 aromatic rings. The number of piperidine rings is 1. The average molecular weight is 468 g/mol. The summed E-state index contributed by atoms with van der Waals surface area (Å²) in [5.74, 6) is 0.994. The number of rotatable bonds is 4. The van der Waals surface area contributed by atoms with Crippen molar-refractivity contribution in [3.05, 3.63) is 83.8 Å². The number of hydrogen-bond donors (Lipinski definition) is 2. The van der Waals surface area contributed by atoms with E-state index >= 15 is 0 Å². The lowest BCUT2D eigenvalue weighted by molar-refractivity contribution is -0.122. The van der Waals surface area contributed by atoms with Crippen LogP contribution in [0.1, 0.15) is 50.3 Å². The number of aryl methyl sites for hydroxylation is 1. The number of carbonyl (C=O) groups is 1. The van der Waals surface area contributed by atoms with Crippen LogP contribution in [-0.4, -0.2) is 33.9 Å². The van der Waals surface area contributed by atoms with Crippen LogP contribution < -0.4 is 10.2 Å². The summed E-state index contributed by atoms with van der Waals surface area (Å²) >= 11 is 0. The molecule has 35 heavy (non-hydrogen) atoms. The molecule has 180 valence electrons. The Kier molecular flexibility index (Phi) is 5.83. The molecule has 1 saturated heterocycles. The molecule has 2 N–H and O–H groups in total. The van der Waals surface area contributed by atoms with E-state index in [1.807, 2.05) is 36.5 Å². The summed E-state index contributed by atoms with van der Waals surface area (Å²) in [7, 11) is 0. The predicted molar refractivity (Wildman–Crippen MR) is 142 cm³/mol. The molecule has 3 heterocycles. The summed E-state index contributed by atoms with van der Waals surface area (Å²) in [5.41, 5.74) is 4.51. The van der Waals surface area contributed by atoms with Gasteiger partial charge < -0.3 is 15.2 Å². The number of aromatic amines is 1. The number of H-pyrrole nitrogens is 1. The van der Waals surface area contributed by atoms with Crippen LogP contribution >= 0.6 is 0 Å². The Labute approximate surface area is 206 Å². The van der Waals surface area contributed by atoms with Crippen molar-refractivity contribution < 1.29 is 4.79 Å². The highest BCUT2D eigenvalue weighted by atomic mass is 16.2. The van der Waals surface area contributed by atoms with Gasteiger partial charge in [0.25, 0.3) is 0 Å². The standard InChI is InChI=1S/C29H33N5O/c1-20-18-30-25-24(20)26(32-19-31-25)34-15-13-29(14-16-34,21-9-6-5-7-10-21)27(35)33-23-12-8-11-22(17-23)28(2,3)4/h5-12,17-19H,13-16H2,1-4H3,(H,33,35)(H,30,31,32). The highest BCUT2D eigenvalue weighted by Crippen LogP contribution is 2.39. The minimum atomic E-state index is -0.602. The van der Waals surface area contributed by atoms with E-state index in [2.05, 4.69) is 77.1 Å². The van der Waals surface area contributed by atoms with E-state index in [4.69, 9.17) is 0 Å². The zero-order valence-electron chi connectivity index (χ0n) is 20.9. The lowest BCUT2D eigenvalue weighted by Gasteiger charge is -2.41. The molecule has 0 aliphatic carbocycles. The first kappa shape index (κ1) is 23.1. The van der Waals surface area contributed by atoms with Gasteiger partial charge in [-0.15, -0.1) is 0 Å².